The van der Waals surface area contributed by atoms with E-state index in [0.29, 0.717) is 85.0 Å². The molecule has 1 N–H and O–H groups in total. The van der Waals surface area contributed by atoms with Crippen LogP contribution in [-0.2, 0) is 24.2 Å². The van der Waals surface area contributed by atoms with Gasteiger partial charge in [-0.2, -0.15) is 15.1 Å². The highest BCUT2D eigenvalue weighted by atomic mass is 19.1. The smallest absolute Gasteiger partial charge is 0.319 e. The monoisotopic (exact) mass is 726 g/mol. The predicted molar refractivity (Wildman–Crippen MR) is 196 cm³/mol. The number of methoxy groups -OCH3 is 1. The van der Waals surface area contributed by atoms with Crippen molar-refractivity contribution >= 4 is 33.4 Å². The molecule has 12 nitrogen and oxygen atoms in total. The topological polar surface area (TPSA) is 122 Å². The van der Waals surface area contributed by atoms with E-state index in [1.165, 1.54) is 23.1 Å². The zero-order chi connectivity index (χ0) is 37.0. The molecule has 3 aliphatic rings. The normalized spacial score (nSPS) is 20.2. The van der Waals surface area contributed by atoms with Crippen LogP contribution in [0.25, 0.3) is 32.9 Å². The number of aryl methyl sites for hydroxylation is 2. The molecule has 5 aromatic rings. The van der Waals surface area contributed by atoms with Crippen molar-refractivity contribution in [3.63, 3.8) is 0 Å². The van der Waals surface area contributed by atoms with E-state index < -0.39 is 11.6 Å². The molecule has 1 amide bonds. The molecule has 0 radical (unpaired) electrons. The van der Waals surface area contributed by atoms with Gasteiger partial charge in [0.05, 0.1) is 29.8 Å². The Hall–Kier alpha value is -4.95. The van der Waals surface area contributed by atoms with E-state index in [1.54, 1.807) is 39.5 Å². The summed E-state index contributed by atoms with van der Waals surface area (Å²) in [6, 6.07) is 8.04. The molecule has 2 fully saturated rings. The van der Waals surface area contributed by atoms with Gasteiger partial charge in [-0.1, -0.05) is 13.0 Å². The first-order valence-electron chi connectivity index (χ1n) is 18.3. The summed E-state index contributed by atoms with van der Waals surface area (Å²) >= 11 is 0. The number of carbonyl (C=O) groups is 1. The minimum Gasteiger partial charge on any atom is -0.508 e. The van der Waals surface area contributed by atoms with E-state index in [4.69, 9.17) is 19.4 Å². The van der Waals surface area contributed by atoms with Gasteiger partial charge in [0.15, 0.2) is 11.5 Å². The van der Waals surface area contributed by atoms with Gasteiger partial charge in [0.2, 0.25) is 0 Å². The highest BCUT2D eigenvalue weighted by Crippen LogP contribution is 2.43. The first kappa shape index (κ1) is 35.1. The van der Waals surface area contributed by atoms with Crippen molar-refractivity contribution in [2.24, 2.45) is 0 Å². The molecule has 14 heteroatoms. The Morgan fingerprint density at radius 2 is 1.94 bits per heavy atom. The standard InChI is InChI=1S/C39H44F2N8O4/c1-5-27-30(40)9-8-23-16-26(50)18-28(32(23)27)34-33(41)35-29(19-42-34)36(47-13-7-15-49-25(20-47)17-31(45-49)37(51)46(2)3)44-38(43-35)53-22-39-11-6-14-48(39)24(10-12-39)21-52-4/h8-9,16-19,24,50H,5-7,10-15,20-22H2,1-4H3/t24-,39-/m0/s1. The van der Waals surface area contributed by atoms with Crippen molar-refractivity contribution in [1.29, 1.82) is 0 Å². The van der Waals surface area contributed by atoms with Gasteiger partial charge in [-0.05, 0) is 85.7 Å². The summed E-state index contributed by atoms with van der Waals surface area (Å²) in [6.45, 7) is 5.32. The third-order valence-electron chi connectivity index (χ3n) is 11.2. The fourth-order valence-electron chi connectivity index (χ4n) is 8.70. The molecule has 53 heavy (non-hydrogen) atoms. The van der Waals surface area contributed by atoms with Gasteiger partial charge < -0.3 is 24.4 Å². The van der Waals surface area contributed by atoms with Crippen LogP contribution in [0.4, 0.5) is 14.6 Å². The Balaban J connectivity index is 1.25. The number of aromatic hydroxyl groups is 1. The van der Waals surface area contributed by atoms with Crippen LogP contribution in [0.3, 0.4) is 0 Å². The Bertz CT molecular complexity index is 2230. The largest absolute Gasteiger partial charge is 0.508 e. The molecule has 0 bridgehead atoms. The lowest BCUT2D eigenvalue weighted by Crippen LogP contribution is -2.47. The maximum absolute atomic E-state index is 17.2. The first-order chi connectivity index (χ1) is 25.6. The average Bonchev–Trinajstić information content (AvgIpc) is 3.80. The summed E-state index contributed by atoms with van der Waals surface area (Å²) in [4.78, 5) is 33.0. The SMILES string of the molecule is CCc1c(F)ccc2cc(O)cc(-c3ncc4c(N5CCCn6nc(C(=O)N(C)C)cc6C5)nc(OC[C@@]56CCCN5[C@H](COC)CC6)nc4c3F)c12. The minimum absolute atomic E-state index is 0.00614. The second-order valence-corrected chi connectivity index (χ2v) is 14.7. The Morgan fingerprint density at radius 1 is 1.09 bits per heavy atom. The summed E-state index contributed by atoms with van der Waals surface area (Å²) in [5.41, 5.74) is 1.61. The minimum atomic E-state index is -0.727. The molecule has 3 aromatic heterocycles. The van der Waals surface area contributed by atoms with Crippen molar-refractivity contribution in [3.8, 4) is 23.0 Å². The highest BCUT2D eigenvalue weighted by molar-refractivity contribution is 6.01. The van der Waals surface area contributed by atoms with E-state index >= 15 is 8.78 Å². The molecule has 0 aliphatic carbocycles. The highest BCUT2D eigenvalue weighted by Gasteiger charge is 2.49. The summed E-state index contributed by atoms with van der Waals surface area (Å²) in [6.07, 6.45) is 6.58. The maximum atomic E-state index is 17.2. The number of ether oxygens (including phenoxy) is 2. The molecule has 2 aromatic carbocycles. The van der Waals surface area contributed by atoms with Crippen molar-refractivity contribution in [1.82, 2.24) is 34.5 Å². The third kappa shape index (κ3) is 6.11. The van der Waals surface area contributed by atoms with Crippen LogP contribution in [0.2, 0.25) is 0 Å². The van der Waals surface area contributed by atoms with Crippen molar-refractivity contribution in [2.45, 2.75) is 70.1 Å². The van der Waals surface area contributed by atoms with Crippen LogP contribution < -0.4 is 9.64 Å². The molecule has 2 saturated heterocycles. The number of rotatable bonds is 9. The molecule has 0 unspecified atom stereocenters. The zero-order valence-corrected chi connectivity index (χ0v) is 30.5. The number of aromatic nitrogens is 5. The van der Waals surface area contributed by atoms with Gasteiger partial charge in [-0.25, -0.2) is 8.78 Å². The molecular weight excluding hydrogens is 682 g/mol. The predicted octanol–water partition coefficient (Wildman–Crippen LogP) is 5.72. The van der Waals surface area contributed by atoms with Gasteiger partial charge in [0, 0.05) is 52.1 Å². The van der Waals surface area contributed by atoms with Gasteiger partial charge in [0.25, 0.3) is 5.91 Å². The third-order valence-corrected chi connectivity index (χ3v) is 11.2. The fourth-order valence-corrected chi connectivity index (χ4v) is 8.70. The van der Waals surface area contributed by atoms with E-state index in [9.17, 15) is 9.90 Å². The number of hydrogen-bond acceptors (Lipinski definition) is 10. The molecule has 3 aliphatic heterocycles. The van der Waals surface area contributed by atoms with E-state index in [-0.39, 0.29) is 40.0 Å². The second-order valence-electron chi connectivity index (χ2n) is 14.7. The molecular formula is C39H44F2N8O4. The van der Waals surface area contributed by atoms with Gasteiger partial charge in [-0.3, -0.25) is 19.4 Å². The van der Waals surface area contributed by atoms with Crippen LogP contribution in [-0.4, -0.2) is 105 Å². The fraction of sp³-hybridized carbons (Fsp3) is 0.462. The summed E-state index contributed by atoms with van der Waals surface area (Å²) in [7, 11) is 5.11. The number of halogens is 2. The van der Waals surface area contributed by atoms with Crippen LogP contribution in [0.15, 0.2) is 36.5 Å². The van der Waals surface area contributed by atoms with Gasteiger partial charge in [0.1, 0.15) is 35.2 Å². The van der Waals surface area contributed by atoms with Crippen LogP contribution in [0.5, 0.6) is 11.8 Å². The lowest BCUT2D eigenvalue weighted by molar-refractivity contribution is 0.0521. The van der Waals surface area contributed by atoms with E-state index in [2.05, 4.69) is 15.0 Å². The molecule has 278 valence electrons. The average molecular weight is 727 g/mol. The Labute approximate surface area is 306 Å². The Morgan fingerprint density at radius 3 is 2.74 bits per heavy atom. The number of benzene rings is 2. The molecule has 2 atom stereocenters. The Kier molecular flexibility index (Phi) is 9.13. The lowest BCUT2D eigenvalue weighted by Gasteiger charge is -2.34. The molecule has 0 saturated carbocycles. The summed E-state index contributed by atoms with van der Waals surface area (Å²) in [5, 5.41) is 16.7. The van der Waals surface area contributed by atoms with Gasteiger partial charge >= 0.3 is 6.01 Å². The van der Waals surface area contributed by atoms with Crippen molar-refractivity contribution in [3.05, 3.63) is 65.1 Å². The van der Waals surface area contributed by atoms with Crippen LogP contribution in [0.1, 0.15) is 60.8 Å². The quantitative estimate of drug-likeness (QED) is 0.202. The van der Waals surface area contributed by atoms with E-state index in [0.717, 1.165) is 37.9 Å². The van der Waals surface area contributed by atoms with Crippen molar-refractivity contribution in [2.75, 3.05) is 52.4 Å². The summed E-state index contributed by atoms with van der Waals surface area (Å²) in [5.74, 6) is -0.973. The number of anilines is 1. The molecule has 0 spiro atoms. The maximum Gasteiger partial charge on any atom is 0.319 e. The number of amides is 1. The van der Waals surface area contributed by atoms with Crippen LogP contribution >= 0.6 is 0 Å². The number of pyridine rings is 1. The first-order valence-corrected chi connectivity index (χ1v) is 18.3. The van der Waals surface area contributed by atoms with Gasteiger partial charge in [-0.15, -0.1) is 0 Å². The second kappa shape index (κ2) is 13.8. The van der Waals surface area contributed by atoms with Crippen molar-refractivity contribution < 1.29 is 28.2 Å². The number of phenolic OH excluding ortho intramolecular Hbond substituents is 1. The number of carbonyl (C=O) groups excluding carboxylic acids is 1. The molecule has 8 rings (SSSR count). The number of phenols is 1. The van der Waals surface area contributed by atoms with Crippen LogP contribution in [0, 0.1) is 11.6 Å². The number of fused-ring (bicyclic) bond motifs is 4. The molecule has 6 heterocycles. The zero-order valence-electron chi connectivity index (χ0n) is 30.5. The lowest BCUT2D eigenvalue weighted by atomic mass is 9.94. The number of nitrogens with zero attached hydrogens (tertiary/aromatic N) is 8. The summed E-state index contributed by atoms with van der Waals surface area (Å²) < 4.78 is 46.2. The number of hydrogen-bond donors (Lipinski definition) is 1. The van der Waals surface area contributed by atoms with E-state index in [1.807, 2.05) is 16.5 Å².